The molecule has 2 rings (SSSR count). The van der Waals surface area contributed by atoms with Crippen LogP contribution in [0.25, 0.3) is 0 Å². The molecule has 0 aromatic rings. The van der Waals surface area contributed by atoms with Crippen LogP contribution in [0.15, 0.2) is 46.5 Å². The fourth-order valence-electron chi connectivity index (χ4n) is 2.97. The van der Waals surface area contributed by atoms with Crippen LogP contribution in [0.4, 0.5) is 0 Å². The molecule has 0 bridgehead atoms. The highest BCUT2D eigenvalue weighted by molar-refractivity contribution is 5.49. The molecule has 0 amide bonds. The standard InChI is InChI=1S/C17H24O2/c1-12(18-4)6-7-14-10-13-11-15(19-5)8-9-16(13)17(14,2)3/h6-7,11H,8-10H2,1-5H3/b12-6+,14-7+. The summed E-state index contributed by atoms with van der Waals surface area (Å²) < 4.78 is 10.6. The Hall–Kier alpha value is -1.44. The van der Waals surface area contributed by atoms with E-state index in [1.54, 1.807) is 19.8 Å². The van der Waals surface area contributed by atoms with Gasteiger partial charge in [-0.25, -0.2) is 0 Å². The first-order chi connectivity index (χ1) is 8.98. The minimum absolute atomic E-state index is 0.162. The van der Waals surface area contributed by atoms with Crippen LogP contribution in [0.5, 0.6) is 0 Å². The second-order valence-electron chi connectivity index (χ2n) is 5.79. The Morgan fingerprint density at radius 2 is 2.00 bits per heavy atom. The van der Waals surface area contributed by atoms with Gasteiger partial charge in [-0.2, -0.15) is 0 Å². The molecule has 0 aliphatic heterocycles. The second-order valence-corrected chi connectivity index (χ2v) is 5.79. The third kappa shape index (κ3) is 2.63. The highest BCUT2D eigenvalue weighted by Gasteiger charge is 2.37. The Bertz CT molecular complexity index is 487. The number of methoxy groups -OCH3 is 2. The van der Waals surface area contributed by atoms with E-state index in [9.17, 15) is 0 Å². The summed E-state index contributed by atoms with van der Waals surface area (Å²) in [5.41, 5.74) is 4.64. The lowest BCUT2D eigenvalue weighted by molar-refractivity contribution is 0.273. The van der Waals surface area contributed by atoms with Crippen molar-refractivity contribution in [3.63, 3.8) is 0 Å². The van der Waals surface area contributed by atoms with E-state index >= 15 is 0 Å². The summed E-state index contributed by atoms with van der Waals surface area (Å²) >= 11 is 0. The summed E-state index contributed by atoms with van der Waals surface area (Å²) in [6.07, 6.45) is 9.69. The molecule has 2 aliphatic rings. The molecular weight excluding hydrogens is 236 g/mol. The van der Waals surface area contributed by atoms with Crippen molar-refractivity contribution in [3.05, 3.63) is 46.5 Å². The monoisotopic (exact) mass is 260 g/mol. The third-order valence-corrected chi connectivity index (χ3v) is 4.39. The van der Waals surface area contributed by atoms with Crippen molar-refractivity contribution in [1.29, 1.82) is 0 Å². The number of allylic oxidation sites excluding steroid dienone is 8. The van der Waals surface area contributed by atoms with Gasteiger partial charge in [-0.3, -0.25) is 0 Å². The predicted molar refractivity (Wildman–Crippen MR) is 78.6 cm³/mol. The molecular formula is C17H24O2. The largest absolute Gasteiger partial charge is 0.501 e. The Kier molecular flexibility index (Phi) is 3.88. The number of ether oxygens (including phenoxy) is 2. The van der Waals surface area contributed by atoms with Gasteiger partial charge in [0.15, 0.2) is 0 Å². The lowest BCUT2D eigenvalue weighted by Gasteiger charge is -2.27. The van der Waals surface area contributed by atoms with Crippen LogP contribution in [-0.4, -0.2) is 14.2 Å². The van der Waals surface area contributed by atoms with Crippen molar-refractivity contribution in [1.82, 2.24) is 0 Å². The average Bonchev–Trinajstić information content (AvgIpc) is 2.66. The molecule has 104 valence electrons. The molecule has 0 aromatic heterocycles. The van der Waals surface area contributed by atoms with Gasteiger partial charge in [0, 0.05) is 11.8 Å². The van der Waals surface area contributed by atoms with Crippen LogP contribution < -0.4 is 0 Å². The molecule has 0 spiro atoms. The topological polar surface area (TPSA) is 18.5 Å². The molecule has 0 saturated heterocycles. The van der Waals surface area contributed by atoms with E-state index in [0.717, 1.165) is 30.8 Å². The zero-order valence-corrected chi connectivity index (χ0v) is 12.7. The zero-order chi connectivity index (χ0) is 14.0. The number of hydrogen-bond acceptors (Lipinski definition) is 2. The summed E-state index contributed by atoms with van der Waals surface area (Å²) in [5, 5.41) is 0. The van der Waals surface area contributed by atoms with E-state index in [0.29, 0.717) is 0 Å². The molecule has 0 N–H and O–H groups in total. The van der Waals surface area contributed by atoms with Gasteiger partial charge in [0.1, 0.15) is 0 Å². The van der Waals surface area contributed by atoms with Crippen molar-refractivity contribution in [2.75, 3.05) is 14.2 Å². The number of rotatable bonds is 3. The van der Waals surface area contributed by atoms with Crippen molar-refractivity contribution < 1.29 is 9.47 Å². The molecule has 19 heavy (non-hydrogen) atoms. The van der Waals surface area contributed by atoms with E-state index in [-0.39, 0.29) is 5.41 Å². The Labute approximate surface area is 116 Å². The van der Waals surface area contributed by atoms with Gasteiger partial charge in [-0.1, -0.05) is 31.1 Å². The maximum absolute atomic E-state index is 5.39. The third-order valence-electron chi connectivity index (χ3n) is 4.39. The van der Waals surface area contributed by atoms with Crippen LogP contribution in [0, 0.1) is 5.41 Å². The minimum atomic E-state index is 0.162. The maximum Gasteiger partial charge on any atom is 0.0961 e. The van der Waals surface area contributed by atoms with E-state index < -0.39 is 0 Å². The molecule has 0 unspecified atom stereocenters. The van der Waals surface area contributed by atoms with Gasteiger partial charge < -0.3 is 9.47 Å². The van der Waals surface area contributed by atoms with Gasteiger partial charge in [0.2, 0.25) is 0 Å². The minimum Gasteiger partial charge on any atom is -0.501 e. The van der Waals surface area contributed by atoms with Crippen LogP contribution >= 0.6 is 0 Å². The summed E-state index contributed by atoms with van der Waals surface area (Å²) in [4.78, 5) is 0. The molecule has 2 aliphatic carbocycles. The predicted octanol–water partition coefficient (Wildman–Crippen LogP) is 4.51. The van der Waals surface area contributed by atoms with Crippen LogP contribution in [-0.2, 0) is 9.47 Å². The first-order valence-electron chi connectivity index (χ1n) is 6.88. The van der Waals surface area contributed by atoms with E-state index in [1.165, 1.54) is 11.1 Å². The average molecular weight is 260 g/mol. The Morgan fingerprint density at radius 1 is 1.26 bits per heavy atom. The fraction of sp³-hybridized carbons (Fsp3) is 0.529. The Balaban J connectivity index is 2.29. The van der Waals surface area contributed by atoms with Gasteiger partial charge >= 0.3 is 0 Å². The molecule has 0 aromatic carbocycles. The first-order valence-corrected chi connectivity index (χ1v) is 6.88. The molecule has 0 radical (unpaired) electrons. The van der Waals surface area contributed by atoms with Crippen molar-refractivity contribution in [2.45, 2.75) is 40.0 Å². The van der Waals surface area contributed by atoms with Gasteiger partial charge in [0.25, 0.3) is 0 Å². The molecule has 0 saturated carbocycles. The lowest BCUT2D eigenvalue weighted by atomic mass is 9.78. The SMILES string of the molecule is COC1=CC2=C(CC1)C(C)(C)/C(=C/C=C(\C)OC)C2. The van der Waals surface area contributed by atoms with Crippen molar-refractivity contribution in [3.8, 4) is 0 Å². The molecule has 0 atom stereocenters. The van der Waals surface area contributed by atoms with Gasteiger partial charge in [-0.15, -0.1) is 0 Å². The van der Waals surface area contributed by atoms with Crippen LogP contribution in [0.2, 0.25) is 0 Å². The maximum atomic E-state index is 5.39. The van der Waals surface area contributed by atoms with Crippen molar-refractivity contribution in [2.24, 2.45) is 5.41 Å². The normalized spacial score (nSPS) is 24.4. The summed E-state index contributed by atoms with van der Waals surface area (Å²) in [7, 11) is 3.47. The second kappa shape index (κ2) is 5.28. The molecule has 2 heteroatoms. The summed E-state index contributed by atoms with van der Waals surface area (Å²) in [6, 6.07) is 0. The quantitative estimate of drug-likeness (QED) is 0.695. The van der Waals surface area contributed by atoms with E-state index in [4.69, 9.17) is 9.47 Å². The van der Waals surface area contributed by atoms with Crippen LogP contribution in [0.1, 0.15) is 40.0 Å². The molecule has 0 heterocycles. The molecule has 0 fully saturated rings. The highest BCUT2D eigenvalue weighted by atomic mass is 16.5. The van der Waals surface area contributed by atoms with Crippen molar-refractivity contribution >= 4 is 0 Å². The van der Waals surface area contributed by atoms with Gasteiger partial charge in [-0.05, 0) is 37.5 Å². The van der Waals surface area contributed by atoms with E-state index in [1.807, 2.05) is 6.92 Å². The molecule has 2 nitrogen and oxygen atoms in total. The highest BCUT2D eigenvalue weighted by Crippen LogP contribution is 2.51. The first kappa shape index (κ1) is 14.0. The summed E-state index contributed by atoms with van der Waals surface area (Å²) in [5.74, 6) is 2.06. The Morgan fingerprint density at radius 3 is 2.63 bits per heavy atom. The fourth-order valence-corrected chi connectivity index (χ4v) is 2.97. The van der Waals surface area contributed by atoms with Gasteiger partial charge in [0.05, 0.1) is 25.7 Å². The number of hydrogen-bond donors (Lipinski definition) is 0. The lowest BCUT2D eigenvalue weighted by Crippen LogP contribution is -2.14. The van der Waals surface area contributed by atoms with Crippen LogP contribution in [0.3, 0.4) is 0 Å². The smallest absolute Gasteiger partial charge is 0.0961 e. The summed E-state index contributed by atoms with van der Waals surface area (Å²) in [6.45, 7) is 6.63. The van der Waals surface area contributed by atoms with E-state index in [2.05, 4.69) is 32.1 Å². The zero-order valence-electron chi connectivity index (χ0n) is 12.7.